The molecule has 7 nitrogen and oxygen atoms in total. The van der Waals surface area contributed by atoms with Gasteiger partial charge in [-0.2, -0.15) is 0 Å². The summed E-state index contributed by atoms with van der Waals surface area (Å²) in [5.41, 5.74) is 4.03. The Kier molecular flexibility index (Phi) is 4.60. The van der Waals surface area contributed by atoms with Crippen LogP contribution in [0.4, 0.5) is 11.6 Å². The van der Waals surface area contributed by atoms with E-state index in [1.54, 1.807) is 6.20 Å². The molecule has 0 aromatic carbocycles. The lowest BCUT2D eigenvalue weighted by atomic mass is 10.1. The average molecular weight is 387 g/mol. The number of piperazine rings is 1. The summed E-state index contributed by atoms with van der Waals surface area (Å²) in [5, 5.41) is 7.73. The van der Waals surface area contributed by atoms with Crippen molar-refractivity contribution in [3.8, 4) is 11.4 Å². The zero-order valence-electron chi connectivity index (χ0n) is 16.6. The third kappa shape index (κ3) is 3.21. The first-order valence-electron chi connectivity index (χ1n) is 10.2. The molecule has 0 unspecified atom stereocenters. The molecule has 1 aliphatic carbocycles. The number of rotatable bonds is 5. The second-order valence-corrected chi connectivity index (χ2v) is 7.58. The van der Waals surface area contributed by atoms with Gasteiger partial charge in [-0.25, -0.2) is 15.0 Å². The first kappa shape index (κ1) is 18.0. The highest BCUT2D eigenvalue weighted by atomic mass is 15.2. The van der Waals surface area contributed by atoms with Gasteiger partial charge in [-0.1, -0.05) is 12.7 Å². The molecule has 2 fully saturated rings. The molecule has 0 radical (unpaired) electrons. The summed E-state index contributed by atoms with van der Waals surface area (Å²) < 4.78 is 0. The van der Waals surface area contributed by atoms with Crippen molar-refractivity contribution in [3.05, 3.63) is 42.4 Å². The van der Waals surface area contributed by atoms with E-state index in [0.29, 0.717) is 11.7 Å². The van der Waals surface area contributed by atoms with Crippen LogP contribution in [0.5, 0.6) is 0 Å². The average Bonchev–Trinajstić information content (AvgIpc) is 3.63. The molecule has 1 saturated carbocycles. The molecule has 5 rings (SSSR count). The van der Waals surface area contributed by atoms with Crippen molar-refractivity contribution in [3.63, 3.8) is 0 Å². The Hall–Kier alpha value is -3.06. The van der Waals surface area contributed by atoms with E-state index < -0.39 is 0 Å². The van der Waals surface area contributed by atoms with E-state index in [2.05, 4.69) is 32.1 Å². The van der Waals surface area contributed by atoms with Crippen molar-refractivity contribution in [2.24, 2.45) is 0 Å². The number of anilines is 2. The van der Waals surface area contributed by atoms with E-state index in [4.69, 9.17) is 9.97 Å². The molecule has 3 aromatic heterocycles. The monoisotopic (exact) mass is 387 g/mol. The maximum absolute atomic E-state index is 5.11. The molecule has 2 N–H and O–H groups in total. The molecule has 0 amide bonds. The van der Waals surface area contributed by atoms with Crippen molar-refractivity contribution >= 4 is 28.6 Å². The van der Waals surface area contributed by atoms with E-state index in [-0.39, 0.29) is 0 Å². The summed E-state index contributed by atoms with van der Waals surface area (Å²) >= 11 is 0. The lowest BCUT2D eigenvalue weighted by Crippen LogP contribution is -2.44. The number of hydrogen-bond acceptors (Lipinski definition) is 7. The first-order valence-corrected chi connectivity index (χ1v) is 10.2. The minimum Gasteiger partial charge on any atom is -0.373 e. The lowest BCUT2D eigenvalue weighted by Gasteiger charge is -2.30. The second kappa shape index (κ2) is 7.40. The molecular weight excluding hydrogens is 362 g/mol. The van der Waals surface area contributed by atoms with Gasteiger partial charge in [-0.05, 0) is 30.4 Å². The largest absolute Gasteiger partial charge is 0.373 e. The highest BCUT2D eigenvalue weighted by molar-refractivity contribution is 5.94. The zero-order chi connectivity index (χ0) is 19.8. The van der Waals surface area contributed by atoms with Crippen LogP contribution in [0.25, 0.3) is 28.4 Å². The van der Waals surface area contributed by atoms with Crippen molar-refractivity contribution in [2.45, 2.75) is 18.8 Å². The van der Waals surface area contributed by atoms with Gasteiger partial charge in [-0.3, -0.25) is 4.98 Å². The third-order valence-corrected chi connectivity index (χ3v) is 5.72. The number of nitrogens with zero attached hydrogens (tertiary/aromatic N) is 5. The predicted octanol–water partition coefficient (Wildman–Crippen LogP) is 3.06. The van der Waals surface area contributed by atoms with Crippen LogP contribution in [0.3, 0.4) is 0 Å². The quantitative estimate of drug-likeness (QED) is 0.696. The zero-order valence-corrected chi connectivity index (χ0v) is 16.6. The van der Waals surface area contributed by atoms with Gasteiger partial charge in [0.05, 0.1) is 11.7 Å². The van der Waals surface area contributed by atoms with Crippen molar-refractivity contribution in [2.75, 3.05) is 43.4 Å². The summed E-state index contributed by atoms with van der Waals surface area (Å²) in [6.45, 7) is 7.77. The Labute approximate surface area is 170 Å². The normalized spacial score (nSPS) is 16.8. The summed E-state index contributed by atoms with van der Waals surface area (Å²) in [7, 11) is 1.86. The molecular formula is C22H25N7. The number of hydrogen-bond donors (Lipinski definition) is 2. The standard InChI is InChI=1S/C22H25N7/c1-3-15-16(6-7-26-20(15)23-2)21-27-18-13-25-12-17(14-4-5-14)19(18)22(28-21)29-10-8-24-9-11-29/h3,6-7,12-14,24H,1,4-5,8-11H2,2H3,(H,23,26). The predicted molar refractivity (Wildman–Crippen MR) is 117 cm³/mol. The summed E-state index contributed by atoms with van der Waals surface area (Å²) in [6.07, 6.45) is 9.91. The van der Waals surface area contributed by atoms with E-state index >= 15 is 0 Å². The SMILES string of the molecule is C=Cc1c(-c2nc(N3CCNCC3)c3c(C4CC4)cncc3n2)ccnc1NC. The third-order valence-electron chi connectivity index (χ3n) is 5.72. The van der Waals surface area contributed by atoms with Gasteiger partial charge >= 0.3 is 0 Å². The molecule has 3 aromatic rings. The van der Waals surface area contributed by atoms with Crippen LogP contribution in [-0.4, -0.2) is 53.2 Å². The van der Waals surface area contributed by atoms with E-state index in [0.717, 1.165) is 59.8 Å². The Morgan fingerprint density at radius 1 is 1.21 bits per heavy atom. The van der Waals surface area contributed by atoms with E-state index in [1.165, 1.54) is 18.4 Å². The number of aromatic nitrogens is 4. The highest BCUT2D eigenvalue weighted by Gasteiger charge is 2.29. The fourth-order valence-corrected chi connectivity index (χ4v) is 4.09. The van der Waals surface area contributed by atoms with Crippen LogP contribution >= 0.6 is 0 Å². The Morgan fingerprint density at radius 2 is 2.03 bits per heavy atom. The van der Waals surface area contributed by atoms with E-state index in [1.807, 2.05) is 31.6 Å². The number of pyridine rings is 2. The van der Waals surface area contributed by atoms with Crippen molar-refractivity contribution in [1.82, 2.24) is 25.3 Å². The highest BCUT2D eigenvalue weighted by Crippen LogP contribution is 2.45. The Morgan fingerprint density at radius 3 is 2.76 bits per heavy atom. The van der Waals surface area contributed by atoms with Gasteiger partial charge in [0.1, 0.15) is 11.6 Å². The molecule has 148 valence electrons. The molecule has 4 heterocycles. The molecule has 7 heteroatoms. The van der Waals surface area contributed by atoms with Gasteiger partial charge in [0.2, 0.25) is 0 Å². The van der Waals surface area contributed by atoms with Crippen molar-refractivity contribution in [1.29, 1.82) is 0 Å². The van der Waals surface area contributed by atoms with Crippen LogP contribution in [-0.2, 0) is 0 Å². The molecule has 1 aliphatic heterocycles. The molecule has 0 atom stereocenters. The second-order valence-electron chi connectivity index (χ2n) is 7.58. The Balaban J connectivity index is 1.75. The van der Waals surface area contributed by atoms with Gasteiger partial charge in [0.15, 0.2) is 5.82 Å². The fourth-order valence-electron chi connectivity index (χ4n) is 4.09. The minimum absolute atomic E-state index is 0.586. The number of nitrogens with one attached hydrogen (secondary N) is 2. The molecule has 0 spiro atoms. The maximum atomic E-state index is 5.11. The Bertz CT molecular complexity index is 1070. The molecule has 2 aliphatic rings. The van der Waals surface area contributed by atoms with Gasteiger partial charge < -0.3 is 15.5 Å². The minimum atomic E-state index is 0.586. The van der Waals surface area contributed by atoms with Crippen LogP contribution in [0.2, 0.25) is 0 Å². The van der Waals surface area contributed by atoms with Gasteiger partial charge in [0.25, 0.3) is 0 Å². The summed E-state index contributed by atoms with van der Waals surface area (Å²) in [6, 6.07) is 1.96. The van der Waals surface area contributed by atoms with Crippen LogP contribution < -0.4 is 15.5 Å². The van der Waals surface area contributed by atoms with Crippen LogP contribution in [0.15, 0.2) is 31.2 Å². The van der Waals surface area contributed by atoms with Crippen molar-refractivity contribution < 1.29 is 0 Å². The topological polar surface area (TPSA) is 78.9 Å². The molecule has 0 bridgehead atoms. The van der Waals surface area contributed by atoms with Gasteiger partial charge in [0, 0.05) is 62.1 Å². The first-order chi connectivity index (χ1) is 14.3. The van der Waals surface area contributed by atoms with E-state index in [9.17, 15) is 0 Å². The fraction of sp³-hybridized carbons (Fsp3) is 0.364. The molecule has 29 heavy (non-hydrogen) atoms. The summed E-state index contributed by atoms with van der Waals surface area (Å²) in [4.78, 5) is 21.3. The summed E-state index contributed by atoms with van der Waals surface area (Å²) in [5.74, 6) is 3.07. The van der Waals surface area contributed by atoms with Crippen LogP contribution in [0, 0.1) is 0 Å². The van der Waals surface area contributed by atoms with Crippen LogP contribution in [0.1, 0.15) is 29.9 Å². The maximum Gasteiger partial charge on any atom is 0.163 e. The van der Waals surface area contributed by atoms with Gasteiger partial charge in [-0.15, -0.1) is 0 Å². The molecule has 1 saturated heterocycles. The smallest absolute Gasteiger partial charge is 0.163 e. The lowest BCUT2D eigenvalue weighted by molar-refractivity contribution is 0.586. The number of fused-ring (bicyclic) bond motifs is 1.